The fourth-order valence-corrected chi connectivity index (χ4v) is 1.75. The maximum absolute atomic E-state index is 11.6. The molecule has 0 fully saturated rings. The van der Waals surface area contributed by atoms with Gasteiger partial charge in [0.1, 0.15) is 12.7 Å². The largest absolute Gasteiger partial charge is 0.383 e. The van der Waals surface area contributed by atoms with E-state index >= 15 is 0 Å². The summed E-state index contributed by atoms with van der Waals surface area (Å²) < 4.78 is 6.57. The maximum atomic E-state index is 11.6. The average Bonchev–Trinajstić information content (AvgIpc) is 3.04. The number of hydrogen-bond donors (Lipinski definition) is 2. The summed E-state index contributed by atoms with van der Waals surface area (Å²) in [5.41, 5.74) is 1.97. The van der Waals surface area contributed by atoms with E-state index in [9.17, 15) is 4.79 Å². The van der Waals surface area contributed by atoms with Gasteiger partial charge in [0.25, 0.3) is 0 Å². The highest BCUT2D eigenvalue weighted by Crippen LogP contribution is 2.07. The van der Waals surface area contributed by atoms with E-state index in [4.69, 9.17) is 4.74 Å². The first-order valence-electron chi connectivity index (χ1n) is 6.70. The second-order valence-electron chi connectivity index (χ2n) is 4.45. The van der Waals surface area contributed by atoms with Crippen LogP contribution in [0.15, 0.2) is 36.9 Å². The van der Waals surface area contributed by atoms with Crippen LogP contribution in [-0.4, -0.2) is 47.5 Å². The number of carbonyl (C=O) groups excluding carboxylic acids is 1. The fraction of sp³-hybridized carbons (Fsp3) is 0.357. The number of hydrogen-bond acceptors (Lipinski definition) is 5. The monoisotopic (exact) mass is 361 g/mol. The van der Waals surface area contributed by atoms with Gasteiger partial charge < -0.3 is 15.4 Å². The molecule has 1 amide bonds. The number of aromatic nitrogens is 3. The first kappa shape index (κ1) is 21.3. The molecule has 0 saturated carbocycles. The molecule has 2 N–H and O–H groups in total. The van der Waals surface area contributed by atoms with E-state index in [2.05, 4.69) is 20.7 Å². The Morgan fingerprint density at radius 3 is 2.61 bits per heavy atom. The number of halogens is 2. The molecule has 7 nitrogen and oxygen atoms in total. The lowest BCUT2D eigenvalue weighted by atomic mass is 10.2. The third kappa shape index (κ3) is 7.43. The van der Waals surface area contributed by atoms with Gasteiger partial charge in [-0.05, 0) is 17.7 Å². The van der Waals surface area contributed by atoms with Crippen LogP contribution in [0.25, 0.3) is 5.69 Å². The number of nitrogens with zero attached hydrogens (tertiary/aromatic N) is 3. The number of benzene rings is 1. The fourth-order valence-electron chi connectivity index (χ4n) is 1.75. The van der Waals surface area contributed by atoms with Crippen molar-refractivity contribution < 1.29 is 9.53 Å². The minimum absolute atomic E-state index is 0. The van der Waals surface area contributed by atoms with Crippen LogP contribution in [0, 0.1) is 0 Å². The standard InChI is InChI=1S/C14H19N5O2.2ClH/c1-21-7-6-15-9-14(20)17-8-12-2-4-13(5-3-12)19-11-16-10-18-19;;/h2-5,10-11,15H,6-9H2,1H3,(H,17,20);2*1H. The van der Waals surface area contributed by atoms with Crippen molar-refractivity contribution in [2.24, 2.45) is 0 Å². The van der Waals surface area contributed by atoms with Gasteiger partial charge in [0.2, 0.25) is 5.91 Å². The van der Waals surface area contributed by atoms with Crippen LogP contribution < -0.4 is 10.6 Å². The van der Waals surface area contributed by atoms with Crippen molar-refractivity contribution in [3.05, 3.63) is 42.5 Å². The third-order valence-corrected chi connectivity index (χ3v) is 2.88. The first-order chi connectivity index (χ1) is 10.3. The Morgan fingerprint density at radius 2 is 2.00 bits per heavy atom. The lowest BCUT2D eigenvalue weighted by Gasteiger charge is -2.07. The van der Waals surface area contributed by atoms with Crippen LogP contribution in [0.3, 0.4) is 0 Å². The normalized spacial score (nSPS) is 9.61. The van der Waals surface area contributed by atoms with Gasteiger partial charge in [-0.1, -0.05) is 12.1 Å². The molecule has 1 heterocycles. The van der Waals surface area contributed by atoms with Gasteiger partial charge in [-0.15, -0.1) is 24.8 Å². The molecule has 0 radical (unpaired) electrons. The predicted octanol–water partition coefficient (Wildman–Crippen LogP) is 0.963. The lowest BCUT2D eigenvalue weighted by molar-refractivity contribution is -0.120. The average molecular weight is 362 g/mol. The molecule has 0 saturated heterocycles. The van der Waals surface area contributed by atoms with Crippen LogP contribution in [0.2, 0.25) is 0 Å². The molecular weight excluding hydrogens is 341 g/mol. The summed E-state index contributed by atoms with van der Waals surface area (Å²) in [4.78, 5) is 15.5. The maximum Gasteiger partial charge on any atom is 0.234 e. The van der Waals surface area contributed by atoms with Gasteiger partial charge in [-0.3, -0.25) is 4.79 Å². The Labute approximate surface area is 147 Å². The summed E-state index contributed by atoms with van der Waals surface area (Å²) >= 11 is 0. The van der Waals surface area contributed by atoms with E-state index in [1.165, 1.54) is 6.33 Å². The van der Waals surface area contributed by atoms with Crippen molar-refractivity contribution in [3.8, 4) is 5.69 Å². The van der Waals surface area contributed by atoms with Crippen molar-refractivity contribution in [2.75, 3.05) is 26.8 Å². The summed E-state index contributed by atoms with van der Waals surface area (Å²) in [6.07, 6.45) is 3.13. The SMILES string of the molecule is COCCNCC(=O)NCc1ccc(-n2cncn2)cc1.Cl.Cl. The molecule has 9 heteroatoms. The van der Waals surface area contributed by atoms with Crippen LogP contribution in [0.4, 0.5) is 0 Å². The lowest BCUT2D eigenvalue weighted by Crippen LogP contribution is -2.34. The van der Waals surface area contributed by atoms with Crippen molar-refractivity contribution >= 4 is 30.7 Å². The molecule has 1 aromatic heterocycles. The Morgan fingerprint density at radius 1 is 1.26 bits per heavy atom. The van der Waals surface area contributed by atoms with Gasteiger partial charge in [0.15, 0.2) is 0 Å². The topological polar surface area (TPSA) is 81.1 Å². The second-order valence-corrected chi connectivity index (χ2v) is 4.45. The van der Waals surface area contributed by atoms with Crippen LogP contribution in [0.5, 0.6) is 0 Å². The van der Waals surface area contributed by atoms with Crippen LogP contribution in [0.1, 0.15) is 5.56 Å². The highest BCUT2D eigenvalue weighted by molar-refractivity contribution is 5.85. The predicted molar refractivity (Wildman–Crippen MR) is 92.4 cm³/mol. The van der Waals surface area contributed by atoms with Crippen LogP contribution >= 0.6 is 24.8 Å². The van der Waals surface area contributed by atoms with E-state index in [0.29, 0.717) is 26.2 Å². The summed E-state index contributed by atoms with van der Waals surface area (Å²) in [5, 5.41) is 9.90. The highest BCUT2D eigenvalue weighted by atomic mass is 35.5. The van der Waals surface area contributed by atoms with Crippen molar-refractivity contribution in [1.29, 1.82) is 0 Å². The number of methoxy groups -OCH3 is 1. The molecule has 1 aromatic carbocycles. The number of carbonyl (C=O) groups is 1. The quantitative estimate of drug-likeness (QED) is 0.684. The van der Waals surface area contributed by atoms with Gasteiger partial charge in [0.05, 0.1) is 18.8 Å². The molecule has 0 aliphatic rings. The van der Waals surface area contributed by atoms with Crippen molar-refractivity contribution in [2.45, 2.75) is 6.54 Å². The molecule has 0 spiro atoms. The molecule has 2 rings (SSSR count). The van der Waals surface area contributed by atoms with E-state index in [-0.39, 0.29) is 30.7 Å². The van der Waals surface area contributed by atoms with E-state index in [0.717, 1.165) is 11.3 Å². The summed E-state index contributed by atoms with van der Waals surface area (Å²) in [6.45, 7) is 2.05. The molecule has 0 unspecified atom stereocenters. The smallest absolute Gasteiger partial charge is 0.234 e. The number of ether oxygens (including phenoxy) is 1. The zero-order valence-electron chi connectivity index (χ0n) is 12.8. The van der Waals surface area contributed by atoms with Crippen molar-refractivity contribution in [1.82, 2.24) is 25.4 Å². The molecule has 23 heavy (non-hydrogen) atoms. The Hall–Kier alpha value is -1.67. The Balaban J connectivity index is 0.00000242. The molecule has 0 atom stereocenters. The second kappa shape index (κ2) is 11.8. The molecule has 0 aliphatic carbocycles. The van der Waals surface area contributed by atoms with E-state index in [1.807, 2.05) is 24.3 Å². The number of nitrogens with one attached hydrogen (secondary N) is 2. The third-order valence-electron chi connectivity index (χ3n) is 2.88. The van der Waals surface area contributed by atoms with Gasteiger partial charge in [-0.25, -0.2) is 9.67 Å². The highest BCUT2D eigenvalue weighted by Gasteiger charge is 2.01. The first-order valence-corrected chi connectivity index (χ1v) is 6.70. The van der Waals surface area contributed by atoms with Crippen molar-refractivity contribution in [3.63, 3.8) is 0 Å². The van der Waals surface area contributed by atoms with E-state index < -0.39 is 0 Å². The summed E-state index contributed by atoms with van der Waals surface area (Å²) in [5.74, 6) is -0.0357. The van der Waals surface area contributed by atoms with E-state index in [1.54, 1.807) is 18.1 Å². The zero-order chi connectivity index (χ0) is 14.9. The minimum Gasteiger partial charge on any atom is -0.383 e. The minimum atomic E-state index is -0.0357. The molecular formula is C14H21Cl2N5O2. The number of rotatable bonds is 8. The molecule has 0 aliphatic heterocycles. The Kier molecular flexibility index (Phi) is 11.0. The Bertz CT molecular complexity index is 549. The zero-order valence-corrected chi connectivity index (χ0v) is 14.4. The molecule has 128 valence electrons. The van der Waals surface area contributed by atoms with Gasteiger partial charge in [0, 0.05) is 20.2 Å². The molecule has 0 bridgehead atoms. The summed E-state index contributed by atoms with van der Waals surface area (Å²) in [7, 11) is 1.63. The number of amides is 1. The van der Waals surface area contributed by atoms with Crippen LogP contribution in [-0.2, 0) is 16.1 Å². The van der Waals surface area contributed by atoms with Gasteiger partial charge in [-0.2, -0.15) is 5.10 Å². The summed E-state index contributed by atoms with van der Waals surface area (Å²) in [6, 6.07) is 7.78. The molecule has 2 aromatic rings. The van der Waals surface area contributed by atoms with Gasteiger partial charge >= 0.3 is 0 Å².